The lowest BCUT2D eigenvalue weighted by molar-refractivity contribution is -0.138. The van der Waals surface area contributed by atoms with Gasteiger partial charge in [0.1, 0.15) is 6.04 Å². The van der Waals surface area contributed by atoms with Crippen molar-refractivity contribution < 1.29 is 15.1 Å². The summed E-state index contributed by atoms with van der Waals surface area (Å²) in [6.07, 6.45) is 0.228. The van der Waals surface area contributed by atoms with E-state index in [1.807, 2.05) is 5.48 Å². The van der Waals surface area contributed by atoms with Crippen molar-refractivity contribution in [3.63, 3.8) is 0 Å². The third kappa shape index (κ3) is 9.93. The number of carbonyl (C=O) groups is 1. The van der Waals surface area contributed by atoms with E-state index in [9.17, 15) is 4.79 Å². The standard InChI is InChI=1S/C4H10N2O3.2ClH/c5-3(4(7)8)1-2-6-9;;/h3,6,9H,1-2,5H2,(H,7,8);2*1H/t3-;;/m0../s1. The van der Waals surface area contributed by atoms with E-state index in [-0.39, 0.29) is 37.8 Å². The molecule has 0 saturated carbocycles. The first-order chi connectivity index (χ1) is 4.18. The van der Waals surface area contributed by atoms with Crippen LogP contribution in [0.2, 0.25) is 0 Å². The van der Waals surface area contributed by atoms with Crippen LogP contribution in [0.25, 0.3) is 0 Å². The van der Waals surface area contributed by atoms with Crippen LogP contribution >= 0.6 is 24.8 Å². The Labute approximate surface area is 76.7 Å². The summed E-state index contributed by atoms with van der Waals surface area (Å²) in [6, 6.07) is -0.885. The highest BCUT2D eigenvalue weighted by molar-refractivity contribution is 5.85. The highest BCUT2D eigenvalue weighted by atomic mass is 35.5. The lowest BCUT2D eigenvalue weighted by Crippen LogP contribution is -2.33. The molecule has 0 saturated heterocycles. The molecule has 0 aromatic heterocycles. The quantitative estimate of drug-likeness (QED) is 0.471. The summed E-state index contributed by atoms with van der Waals surface area (Å²) in [5.41, 5.74) is 6.86. The van der Waals surface area contributed by atoms with E-state index in [0.717, 1.165) is 0 Å². The van der Waals surface area contributed by atoms with Gasteiger partial charge >= 0.3 is 5.97 Å². The Morgan fingerprint density at radius 1 is 1.55 bits per heavy atom. The van der Waals surface area contributed by atoms with Gasteiger partial charge in [0.25, 0.3) is 0 Å². The summed E-state index contributed by atoms with van der Waals surface area (Å²) in [4.78, 5) is 9.97. The molecule has 0 aliphatic heterocycles. The summed E-state index contributed by atoms with van der Waals surface area (Å²) in [6.45, 7) is 0.202. The number of hydrogen-bond donors (Lipinski definition) is 4. The molecule has 1 atom stereocenters. The Morgan fingerprint density at radius 2 is 2.00 bits per heavy atom. The van der Waals surface area contributed by atoms with E-state index in [4.69, 9.17) is 16.0 Å². The second-order valence-electron chi connectivity index (χ2n) is 1.64. The zero-order valence-electron chi connectivity index (χ0n) is 5.69. The smallest absolute Gasteiger partial charge is 0.320 e. The lowest BCUT2D eigenvalue weighted by atomic mass is 10.2. The van der Waals surface area contributed by atoms with Gasteiger partial charge in [-0.25, -0.2) is 5.48 Å². The van der Waals surface area contributed by atoms with E-state index >= 15 is 0 Å². The second kappa shape index (κ2) is 9.93. The Balaban J connectivity index is -0.000000320. The molecular weight excluding hydrogens is 195 g/mol. The van der Waals surface area contributed by atoms with Gasteiger partial charge in [0.2, 0.25) is 0 Å². The fourth-order valence-corrected chi connectivity index (χ4v) is 0.344. The predicted molar refractivity (Wildman–Crippen MR) is 44.5 cm³/mol. The SMILES string of the molecule is Cl.Cl.N[C@@H](CCNO)C(=O)O. The molecule has 0 aromatic carbocycles. The average Bonchev–Trinajstić information content (AvgIpc) is 1.82. The van der Waals surface area contributed by atoms with Gasteiger partial charge in [-0.2, -0.15) is 0 Å². The van der Waals surface area contributed by atoms with Crippen LogP contribution in [0.5, 0.6) is 0 Å². The maximum atomic E-state index is 9.97. The van der Waals surface area contributed by atoms with Gasteiger partial charge in [-0.15, -0.1) is 24.8 Å². The van der Waals surface area contributed by atoms with Crippen molar-refractivity contribution in [3.8, 4) is 0 Å². The number of hydroxylamine groups is 1. The zero-order chi connectivity index (χ0) is 7.28. The van der Waals surface area contributed by atoms with Crippen LogP contribution in [0, 0.1) is 0 Å². The Morgan fingerprint density at radius 3 is 2.27 bits per heavy atom. The Bertz CT molecular complexity index is 103. The van der Waals surface area contributed by atoms with Gasteiger partial charge in [-0.05, 0) is 6.42 Å². The maximum absolute atomic E-state index is 9.97. The molecule has 11 heavy (non-hydrogen) atoms. The molecule has 0 spiro atoms. The van der Waals surface area contributed by atoms with Crippen molar-refractivity contribution in [2.75, 3.05) is 6.54 Å². The van der Waals surface area contributed by atoms with Crippen molar-refractivity contribution in [1.82, 2.24) is 5.48 Å². The largest absolute Gasteiger partial charge is 0.480 e. The average molecular weight is 207 g/mol. The summed E-state index contributed by atoms with van der Waals surface area (Å²) in [5, 5.41) is 16.2. The van der Waals surface area contributed by atoms with Gasteiger partial charge in [-0.1, -0.05) is 0 Å². The van der Waals surface area contributed by atoms with Crippen LogP contribution < -0.4 is 11.2 Å². The molecule has 5 N–H and O–H groups in total. The number of halogens is 2. The minimum Gasteiger partial charge on any atom is -0.480 e. The van der Waals surface area contributed by atoms with Crippen molar-refractivity contribution in [2.24, 2.45) is 5.73 Å². The fourth-order valence-electron chi connectivity index (χ4n) is 0.344. The van der Waals surface area contributed by atoms with Crippen LogP contribution in [0.1, 0.15) is 6.42 Å². The Hall–Kier alpha value is -0.0700. The Kier molecular flexibility index (Phi) is 15.5. The number of carboxylic acids is 1. The molecule has 0 rings (SSSR count). The van der Waals surface area contributed by atoms with E-state index < -0.39 is 12.0 Å². The van der Waals surface area contributed by atoms with Crippen LogP contribution in [0.15, 0.2) is 0 Å². The minimum absolute atomic E-state index is 0. The normalized spacial score (nSPS) is 10.7. The molecule has 5 nitrogen and oxygen atoms in total. The van der Waals surface area contributed by atoms with Gasteiger partial charge in [-0.3, -0.25) is 4.79 Å². The molecule has 0 radical (unpaired) electrons. The third-order valence-corrected chi connectivity index (χ3v) is 0.884. The monoisotopic (exact) mass is 206 g/mol. The molecule has 0 amide bonds. The fraction of sp³-hybridized carbons (Fsp3) is 0.750. The van der Waals surface area contributed by atoms with Crippen molar-refractivity contribution in [2.45, 2.75) is 12.5 Å². The first kappa shape index (κ1) is 17.1. The van der Waals surface area contributed by atoms with Gasteiger partial charge in [0.05, 0.1) is 0 Å². The number of nitrogens with one attached hydrogen (secondary N) is 1. The van der Waals surface area contributed by atoms with E-state index in [1.54, 1.807) is 0 Å². The molecule has 0 aliphatic rings. The topological polar surface area (TPSA) is 95.6 Å². The molecule has 7 heteroatoms. The third-order valence-electron chi connectivity index (χ3n) is 0.884. The number of carboxylic acid groups (broad SMARTS) is 1. The van der Waals surface area contributed by atoms with Crippen LogP contribution in [0.3, 0.4) is 0 Å². The highest BCUT2D eigenvalue weighted by Gasteiger charge is 2.09. The molecule has 0 aliphatic carbocycles. The van der Waals surface area contributed by atoms with Crippen LogP contribution in [0.4, 0.5) is 0 Å². The molecule has 0 heterocycles. The lowest BCUT2D eigenvalue weighted by Gasteiger charge is -2.02. The van der Waals surface area contributed by atoms with E-state index in [2.05, 4.69) is 0 Å². The zero-order valence-corrected chi connectivity index (χ0v) is 7.32. The van der Waals surface area contributed by atoms with Crippen LogP contribution in [-0.2, 0) is 4.79 Å². The molecule has 0 fully saturated rings. The van der Waals surface area contributed by atoms with Gasteiger partial charge in [0, 0.05) is 6.54 Å². The first-order valence-electron chi connectivity index (χ1n) is 2.54. The number of hydrogen-bond acceptors (Lipinski definition) is 4. The van der Waals surface area contributed by atoms with Gasteiger partial charge in [0.15, 0.2) is 0 Å². The first-order valence-corrected chi connectivity index (χ1v) is 2.54. The van der Waals surface area contributed by atoms with E-state index in [1.165, 1.54) is 0 Å². The number of nitrogens with two attached hydrogens (primary N) is 1. The number of aliphatic carboxylic acids is 1. The van der Waals surface area contributed by atoms with Gasteiger partial charge < -0.3 is 16.0 Å². The van der Waals surface area contributed by atoms with Crippen LogP contribution in [-0.4, -0.2) is 28.9 Å². The summed E-state index contributed by atoms with van der Waals surface area (Å²) >= 11 is 0. The molecular formula is C4H12Cl2N2O3. The molecule has 0 aromatic rings. The van der Waals surface area contributed by atoms with E-state index in [0.29, 0.717) is 0 Å². The molecule has 0 bridgehead atoms. The molecule has 70 valence electrons. The summed E-state index contributed by atoms with van der Waals surface area (Å²) in [7, 11) is 0. The predicted octanol–water partition coefficient (Wildman–Crippen LogP) is -0.389. The summed E-state index contributed by atoms with van der Waals surface area (Å²) < 4.78 is 0. The van der Waals surface area contributed by atoms with Crippen molar-refractivity contribution in [1.29, 1.82) is 0 Å². The highest BCUT2D eigenvalue weighted by Crippen LogP contribution is 1.83. The molecule has 0 unspecified atom stereocenters. The minimum atomic E-state index is -1.05. The summed E-state index contributed by atoms with van der Waals surface area (Å²) in [5.74, 6) is -1.05. The van der Waals surface area contributed by atoms with Crippen molar-refractivity contribution >= 4 is 30.8 Å². The number of rotatable bonds is 4. The maximum Gasteiger partial charge on any atom is 0.320 e. The second-order valence-corrected chi connectivity index (χ2v) is 1.64. The van der Waals surface area contributed by atoms with Crippen molar-refractivity contribution in [3.05, 3.63) is 0 Å².